The molecular formula is C20H24FN3O3. The summed E-state index contributed by atoms with van der Waals surface area (Å²) in [5.41, 5.74) is 0.605. The van der Waals surface area contributed by atoms with Crippen LogP contribution in [0, 0.1) is 5.82 Å². The van der Waals surface area contributed by atoms with E-state index in [1.807, 2.05) is 20.0 Å². The first-order valence-corrected chi connectivity index (χ1v) is 9.38. The van der Waals surface area contributed by atoms with Gasteiger partial charge in [-0.2, -0.15) is 5.10 Å². The predicted octanol–water partition coefficient (Wildman–Crippen LogP) is 3.09. The Labute approximate surface area is 157 Å². The number of nitrogens with zero attached hydrogens (tertiary/aromatic N) is 3. The van der Waals surface area contributed by atoms with E-state index in [1.54, 1.807) is 9.58 Å². The number of halogens is 1. The van der Waals surface area contributed by atoms with Crippen LogP contribution < -0.4 is 4.74 Å². The number of carbonyl (C=O) groups is 1. The highest BCUT2D eigenvalue weighted by Crippen LogP contribution is 2.44. The number of hydrogen-bond donors (Lipinski definition) is 1. The number of aliphatic hydroxyl groups excluding tert-OH is 1. The lowest BCUT2D eigenvalue weighted by molar-refractivity contribution is -0.0504. The van der Waals surface area contributed by atoms with Gasteiger partial charge in [-0.3, -0.25) is 9.48 Å². The van der Waals surface area contributed by atoms with Crippen LogP contribution >= 0.6 is 0 Å². The van der Waals surface area contributed by atoms with Crippen molar-refractivity contribution >= 4 is 5.91 Å². The average Bonchev–Trinajstić information content (AvgIpc) is 3.07. The first-order chi connectivity index (χ1) is 12.9. The highest BCUT2D eigenvalue weighted by Gasteiger charge is 2.45. The molecule has 0 bridgehead atoms. The molecule has 1 unspecified atom stereocenters. The highest BCUT2D eigenvalue weighted by molar-refractivity contribution is 5.94. The van der Waals surface area contributed by atoms with Gasteiger partial charge < -0.3 is 14.7 Å². The van der Waals surface area contributed by atoms with Crippen LogP contribution in [0.5, 0.6) is 5.75 Å². The van der Waals surface area contributed by atoms with Gasteiger partial charge in [0, 0.05) is 44.0 Å². The Morgan fingerprint density at radius 2 is 1.96 bits per heavy atom. The summed E-state index contributed by atoms with van der Waals surface area (Å²) >= 11 is 0. The molecule has 3 heterocycles. The minimum atomic E-state index is -0.659. The van der Waals surface area contributed by atoms with E-state index < -0.39 is 11.7 Å². The van der Waals surface area contributed by atoms with Gasteiger partial charge in [0.15, 0.2) is 5.75 Å². The van der Waals surface area contributed by atoms with Crippen LogP contribution in [0.4, 0.5) is 4.39 Å². The van der Waals surface area contributed by atoms with Gasteiger partial charge in [-0.15, -0.1) is 0 Å². The van der Waals surface area contributed by atoms with E-state index in [-0.39, 0.29) is 17.8 Å². The third kappa shape index (κ3) is 3.32. The number of amides is 1. The Hall–Kier alpha value is -2.41. The van der Waals surface area contributed by atoms with Crippen molar-refractivity contribution in [3.63, 3.8) is 0 Å². The van der Waals surface area contributed by atoms with Gasteiger partial charge in [-0.1, -0.05) is 0 Å². The molecule has 144 valence electrons. The van der Waals surface area contributed by atoms with Crippen LogP contribution in [0.3, 0.4) is 0 Å². The molecule has 0 aliphatic carbocycles. The fourth-order valence-corrected chi connectivity index (χ4v) is 3.89. The van der Waals surface area contributed by atoms with E-state index in [1.165, 1.54) is 24.3 Å². The highest BCUT2D eigenvalue weighted by atomic mass is 19.1. The molecule has 2 aliphatic heterocycles. The van der Waals surface area contributed by atoms with Crippen molar-refractivity contribution in [2.24, 2.45) is 0 Å². The largest absolute Gasteiger partial charge is 0.483 e. The van der Waals surface area contributed by atoms with E-state index in [2.05, 4.69) is 5.10 Å². The second kappa shape index (κ2) is 6.64. The molecule has 0 saturated carbocycles. The average molecular weight is 373 g/mol. The molecule has 0 radical (unpaired) electrons. The number of rotatable bonds is 2. The van der Waals surface area contributed by atoms with Crippen molar-refractivity contribution in [1.29, 1.82) is 0 Å². The normalized spacial score (nSPS) is 21.2. The summed E-state index contributed by atoms with van der Waals surface area (Å²) in [6.45, 7) is 5.13. The molecule has 1 saturated heterocycles. The van der Waals surface area contributed by atoms with Gasteiger partial charge in [-0.05, 0) is 38.1 Å². The van der Waals surface area contributed by atoms with Gasteiger partial charge in [0.05, 0.1) is 6.20 Å². The zero-order chi connectivity index (χ0) is 19.2. The van der Waals surface area contributed by atoms with Gasteiger partial charge in [0.2, 0.25) is 0 Å². The molecular weight excluding hydrogens is 349 g/mol. The van der Waals surface area contributed by atoms with Crippen LogP contribution in [-0.4, -0.2) is 44.4 Å². The molecule has 4 rings (SSSR count). The Morgan fingerprint density at radius 1 is 1.30 bits per heavy atom. The van der Waals surface area contributed by atoms with Crippen molar-refractivity contribution in [2.45, 2.75) is 50.9 Å². The Bertz CT molecular complexity index is 839. The van der Waals surface area contributed by atoms with Crippen LogP contribution in [0.2, 0.25) is 0 Å². The van der Waals surface area contributed by atoms with Crippen molar-refractivity contribution in [3.05, 3.63) is 47.5 Å². The number of fused-ring (bicyclic) bond motifs is 1. The van der Waals surface area contributed by atoms with Crippen molar-refractivity contribution in [3.8, 4) is 5.75 Å². The molecule has 2 aromatic rings. The second-order valence-electron chi connectivity index (χ2n) is 7.76. The number of aliphatic hydroxyl groups is 1. The van der Waals surface area contributed by atoms with Crippen LogP contribution in [0.1, 0.15) is 61.3 Å². The quantitative estimate of drug-likeness (QED) is 0.878. The topological polar surface area (TPSA) is 67.6 Å². The summed E-state index contributed by atoms with van der Waals surface area (Å²) in [7, 11) is 0. The van der Waals surface area contributed by atoms with Crippen molar-refractivity contribution in [1.82, 2.24) is 14.7 Å². The summed E-state index contributed by atoms with van der Waals surface area (Å²) in [5.74, 6) is 0.182. The summed E-state index contributed by atoms with van der Waals surface area (Å²) in [5, 5.41) is 15.0. The summed E-state index contributed by atoms with van der Waals surface area (Å²) in [4.78, 5) is 14.4. The molecule has 1 atom stereocenters. The third-order valence-electron chi connectivity index (χ3n) is 5.51. The Balaban J connectivity index is 1.46. The Morgan fingerprint density at radius 3 is 2.59 bits per heavy atom. The standard InChI is InChI=1S/C20H24FN3O3/c1-13(2)24-12-17-18(22-24)16(25)11-20(27-17)7-9-23(10-8-20)19(26)14-3-5-15(21)6-4-14/h3-6,12-13,16,25H,7-11H2,1-2H3. The number of aromatic nitrogens is 2. The number of piperidine rings is 1. The molecule has 1 aromatic carbocycles. The lowest BCUT2D eigenvalue weighted by Crippen LogP contribution is -2.51. The summed E-state index contributed by atoms with van der Waals surface area (Å²) in [6.07, 6.45) is 2.95. The van der Waals surface area contributed by atoms with E-state index in [4.69, 9.17) is 4.74 Å². The maximum Gasteiger partial charge on any atom is 0.253 e. The van der Waals surface area contributed by atoms with Crippen LogP contribution in [0.15, 0.2) is 30.5 Å². The molecule has 1 amide bonds. The van der Waals surface area contributed by atoms with E-state index in [9.17, 15) is 14.3 Å². The van der Waals surface area contributed by atoms with Gasteiger partial charge in [-0.25, -0.2) is 4.39 Å². The SMILES string of the molecule is CC(C)n1cc2c(n1)C(O)CC1(CCN(C(=O)c3ccc(F)cc3)CC1)O2. The first-order valence-electron chi connectivity index (χ1n) is 9.38. The van der Waals surface area contributed by atoms with Gasteiger partial charge >= 0.3 is 0 Å². The molecule has 1 N–H and O–H groups in total. The van der Waals surface area contributed by atoms with Gasteiger partial charge in [0.1, 0.15) is 23.2 Å². The molecule has 2 aliphatic rings. The third-order valence-corrected chi connectivity index (χ3v) is 5.51. The smallest absolute Gasteiger partial charge is 0.253 e. The number of ether oxygens (including phenoxy) is 1. The number of likely N-dealkylation sites (tertiary alicyclic amines) is 1. The fraction of sp³-hybridized carbons (Fsp3) is 0.500. The maximum atomic E-state index is 13.1. The minimum Gasteiger partial charge on any atom is -0.483 e. The lowest BCUT2D eigenvalue weighted by atomic mass is 9.83. The molecule has 1 spiro atoms. The summed E-state index contributed by atoms with van der Waals surface area (Å²) < 4.78 is 21.2. The zero-order valence-electron chi connectivity index (χ0n) is 15.6. The molecule has 7 heteroatoms. The van der Waals surface area contributed by atoms with Crippen LogP contribution in [0.25, 0.3) is 0 Å². The number of hydrogen-bond acceptors (Lipinski definition) is 4. The van der Waals surface area contributed by atoms with E-state index >= 15 is 0 Å². The number of carbonyl (C=O) groups excluding carboxylic acids is 1. The molecule has 6 nitrogen and oxygen atoms in total. The van der Waals surface area contributed by atoms with Crippen molar-refractivity contribution < 1.29 is 19.0 Å². The Kier molecular flexibility index (Phi) is 4.42. The first kappa shape index (κ1) is 18.0. The van der Waals surface area contributed by atoms with Crippen molar-refractivity contribution in [2.75, 3.05) is 13.1 Å². The second-order valence-corrected chi connectivity index (χ2v) is 7.76. The molecule has 1 aromatic heterocycles. The van der Waals surface area contributed by atoms with E-state index in [0.717, 1.165) is 0 Å². The monoisotopic (exact) mass is 373 g/mol. The zero-order valence-corrected chi connectivity index (χ0v) is 15.6. The summed E-state index contributed by atoms with van der Waals surface area (Å²) in [6, 6.07) is 5.81. The fourth-order valence-electron chi connectivity index (χ4n) is 3.89. The lowest BCUT2D eigenvalue weighted by Gasteiger charge is -2.44. The maximum absolute atomic E-state index is 13.1. The molecule has 1 fully saturated rings. The minimum absolute atomic E-state index is 0.102. The molecule has 27 heavy (non-hydrogen) atoms. The van der Waals surface area contributed by atoms with Crippen LogP contribution in [-0.2, 0) is 0 Å². The predicted molar refractivity (Wildman–Crippen MR) is 97.1 cm³/mol. The number of benzene rings is 1. The van der Waals surface area contributed by atoms with E-state index in [0.29, 0.717) is 49.4 Å². The van der Waals surface area contributed by atoms with Gasteiger partial charge in [0.25, 0.3) is 5.91 Å².